The van der Waals surface area contributed by atoms with Gasteiger partial charge in [-0.3, -0.25) is 9.59 Å². The van der Waals surface area contributed by atoms with Crippen LogP contribution in [0.2, 0.25) is 0 Å². The second-order valence-electron chi connectivity index (χ2n) is 7.39. The molecule has 0 saturated heterocycles. The lowest BCUT2D eigenvalue weighted by molar-refractivity contribution is -0.144. The molecule has 2 aromatic rings. The summed E-state index contributed by atoms with van der Waals surface area (Å²) in [5, 5.41) is 6.16. The van der Waals surface area contributed by atoms with Gasteiger partial charge < -0.3 is 19.1 Å². The topological polar surface area (TPSA) is 80.7 Å². The Bertz CT molecular complexity index is 930. The molecule has 3 rings (SSSR count). The fraction of sp³-hybridized carbons (Fsp3) is 0.375. The van der Waals surface area contributed by atoms with Crippen LogP contribution in [0.4, 0.5) is 0 Å². The SMILES string of the molecule is COCCN(CC(=O)N1N=C(c2ccc(OC)cc2)C[C@@H]1c1ccccc1)C(=O)COC. The summed E-state index contributed by atoms with van der Waals surface area (Å²) in [5.41, 5.74) is 2.72. The Hall–Kier alpha value is -3.23. The number of carbonyl (C=O) groups is 2. The van der Waals surface area contributed by atoms with Crippen LogP contribution in [0.5, 0.6) is 5.75 Å². The Kier molecular flexibility index (Phi) is 8.35. The summed E-state index contributed by atoms with van der Waals surface area (Å²) in [6.07, 6.45) is 0.576. The number of amides is 2. The molecule has 0 fully saturated rings. The largest absolute Gasteiger partial charge is 0.497 e. The maximum atomic E-state index is 13.3. The molecule has 0 aromatic heterocycles. The van der Waals surface area contributed by atoms with E-state index in [1.54, 1.807) is 14.2 Å². The highest BCUT2D eigenvalue weighted by Crippen LogP contribution is 2.33. The van der Waals surface area contributed by atoms with E-state index in [0.29, 0.717) is 19.6 Å². The summed E-state index contributed by atoms with van der Waals surface area (Å²) in [4.78, 5) is 27.2. The number of nitrogens with zero attached hydrogens (tertiary/aromatic N) is 3. The highest BCUT2D eigenvalue weighted by atomic mass is 16.5. The molecule has 1 aliphatic heterocycles. The van der Waals surface area contributed by atoms with Crippen molar-refractivity contribution in [3.63, 3.8) is 0 Å². The van der Waals surface area contributed by atoms with E-state index < -0.39 is 0 Å². The van der Waals surface area contributed by atoms with E-state index in [1.165, 1.54) is 17.0 Å². The van der Waals surface area contributed by atoms with Crippen molar-refractivity contribution in [2.45, 2.75) is 12.5 Å². The Morgan fingerprint density at radius 3 is 2.38 bits per heavy atom. The third-order valence-corrected chi connectivity index (χ3v) is 5.29. The second-order valence-corrected chi connectivity index (χ2v) is 7.39. The quantitative estimate of drug-likeness (QED) is 0.568. The van der Waals surface area contributed by atoms with Gasteiger partial charge in [0.2, 0.25) is 5.91 Å². The zero-order valence-electron chi connectivity index (χ0n) is 18.7. The van der Waals surface area contributed by atoms with Crippen LogP contribution in [-0.2, 0) is 19.1 Å². The summed E-state index contributed by atoms with van der Waals surface area (Å²) in [7, 11) is 4.62. The molecule has 0 N–H and O–H groups in total. The molecule has 0 radical (unpaired) electrons. The highest BCUT2D eigenvalue weighted by molar-refractivity contribution is 6.03. The third-order valence-electron chi connectivity index (χ3n) is 5.29. The van der Waals surface area contributed by atoms with Gasteiger partial charge in [0.05, 0.1) is 25.5 Å². The molecule has 2 amide bonds. The van der Waals surface area contributed by atoms with Gasteiger partial charge in [-0.15, -0.1) is 0 Å². The molecular formula is C24H29N3O5. The highest BCUT2D eigenvalue weighted by Gasteiger charge is 2.34. The number of rotatable bonds is 10. The number of hydrogen-bond donors (Lipinski definition) is 0. The van der Waals surface area contributed by atoms with Crippen LogP contribution in [0, 0.1) is 0 Å². The van der Waals surface area contributed by atoms with E-state index in [2.05, 4.69) is 5.10 Å². The van der Waals surface area contributed by atoms with E-state index in [-0.39, 0.29) is 31.0 Å². The van der Waals surface area contributed by atoms with E-state index >= 15 is 0 Å². The first-order valence-electron chi connectivity index (χ1n) is 10.4. The van der Waals surface area contributed by atoms with Crippen molar-refractivity contribution in [3.8, 4) is 5.75 Å². The van der Waals surface area contributed by atoms with Gasteiger partial charge in [0.1, 0.15) is 18.9 Å². The van der Waals surface area contributed by atoms with Crippen LogP contribution in [-0.4, -0.2) is 75.1 Å². The molecule has 0 bridgehead atoms. The maximum Gasteiger partial charge on any atom is 0.262 e. The summed E-state index contributed by atoms with van der Waals surface area (Å²) in [6.45, 7) is 0.419. The van der Waals surface area contributed by atoms with Crippen LogP contribution in [0.1, 0.15) is 23.6 Å². The minimum Gasteiger partial charge on any atom is -0.497 e. The first-order valence-corrected chi connectivity index (χ1v) is 10.4. The van der Waals surface area contributed by atoms with Crippen molar-refractivity contribution in [2.75, 3.05) is 47.6 Å². The number of carbonyl (C=O) groups excluding carboxylic acids is 2. The Balaban J connectivity index is 1.86. The van der Waals surface area contributed by atoms with Crippen molar-refractivity contribution in [2.24, 2.45) is 5.10 Å². The van der Waals surface area contributed by atoms with E-state index in [9.17, 15) is 9.59 Å². The maximum absolute atomic E-state index is 13.3. The number of ether oxygens (including phenoxy) is 3. The van der Waals surface area contributed by atoms with Crippen LogP contribution in [0.25, 0.3) is 0 Å². The molecule has 8 nitrogen and oxygen atoms in total. The van der Waals surface area contributed by atoms with E-state index in [4.69, 9.17) is 14.2 Å². The Morgan fingerprint density at radius 2 is 1.75 bits per heavy atom. The predicted molar refractivity (Wildman–Crippen MR) is 121 cm³/mol. The lowest BCUT2D eigenvalue weighted by Gasteiger charge is -2.26. The van der Waals surface area contributed by atoms with Crippen molar-refractivity contribution in [1.29, 1.82) is 0 Å². The minimum absolute atomic E-state index is 0.0977. The standard InChI is InChI=1S/C24H29N3O5/c1-30-14-13-26(24(29)17-31-2)16-23(28)27-22(19-7-5-4-6-8-19)15-21(25-27)18-9-11-20(32-3)12-10-18/h4-12,22H,13-17H2,1-3H3/t22-/m1/s1. The number of hydrogen-bond acceptors (Lipinski definition) is 6. The molecule has 0 aliphatic carbocycles. The van der Waals surface area contributed by atoms with Crippen LogP contribution in [0.15, 0.2) is 59.7 Å². The summed E-state index contributed by atoms with van der Waals surface area (Å²) in [5.74, 6) is 0.223. The average Bonchev–Trinajstić information content (AvgIpc) is 3.28. The van der Waals surface area contributed by atoms with Crippen molar-refractivity contribution in [3.05, 3.63) is 65.7 Å². The van der Waals surface area contributed by atoms with Gasteiger partial charge in [0.15, 0.2) is 0 Å². The molecule has 1 aliphatic rings. The summed E-state index contributed by atoms with van der Waals surface area (Å²) < 4.78 is 15.3. The van der Waals surface area contributed by atoms with Gasteiger partial charge in [0, 0.05) is 27.2 Å². The summed E-state index contributed by atoms with van der Waals surface area (Å²) in [6, 6.07) is 17.1. The second kappa shape index (κ2) is 11.4. The van der Waals surface area contributed by atoms with Crippen LogP contribution in [0.3, 0.4) is 0 Å². The van der Waals surface area contributed by atoms with E-state index in [1.807, 2.05) is 54.6 Å². The van der Waals surface area contributed by atoms with Crippen molar-refractivity contribution >= 4 is 17.5 Å². The zero-order chi connectivity index (χ0) is 22.9. The van der Waals surface area contributed by atoms with Gasteiger partial charge in [-0.25, -0.2) is 5.01 Å². The first kappa shape index (κ1) is 23.4. The fourth-order valence-corrected chi connectivity index (χ4v) is 3.58. The van der Waals surface area contributed by atoms with E-state index in [0.717, 1.165) is 22.6 Å². The number of methoxy groups -OCH3 is 3. The molecule has 8 heteroatoms. The molecule has 0 unspecified atom stereocenters. The molecule has 32 heavy (non-hydrogen) atoms. The smallest absolute Gasteiger partial charge is 0.262 e. The van der Waals surface area contributed by atoms with Gasteiger partial charge in [0.25, 0.3) is 5.91 Å². The Labute approximate surface area is 188 Å². The fourth-order valence-electron chi connectivity index (χ4n) is 3.58. The minimum atomic E-state index is -0.271. The first-order chi connectivity index (χ1) is 15.6. The number of benzene rings is 2. The van der Waals surface area contributed by atoms with Gasteiger partial charge in [-0.2, -0.15) is 5.10 Å². The normalized spacial score (nSPS) is 15.4. The van der Waals surface area contributed by atoms with Gasteiger partial charge in [-0.05, 0) is 35.4 Å². The third kappa shape index (κ3) is 5.72. The average molecular weight is 440 g/mol. The number of hydrazone groups is 1. The Morgan fingerprint density at radius 1 is 1.03 bits per heavy atom. The molecule has 1 atom stereocenters. The monoisotopic (exact) mass is 439 g/mol. The van der Waals surface area contributed by atoms with Crippen LogP contribution >= 0.6 is 0 Å². The van der Waals surface area contributed by atoms with Crippen molar-refractivity contribution < 1.29 is 23.8 Å². The molecule has 1 heterocycles. The van der Waals surface area contributed by atoms with Crippen molar-refractivity contribution in [1.82, 2.24) is 9.91 Å². The lowest BCUT2D eigenvalue weighted by Crippen LogP contribution is -2.44. The van der Waals surface area contributed by atoms with Gasteiger partial charge in [-0.1, -0.05) is 30.3 Å². The molecule has 0 spiro atoms. The van der Waals surface area contributed by atoms with Crippen LogP contribution < -0.4 is 4.74 Å². The zero-order valence-corrected chi connectivity index (χ0v) is 18.7. The molecule has 0 saturated carbocycles. The summed E-state index contributed by atoms with van der Waals surface area (Å²) >= 11 is 0. The van der Waals surface area contributed by atoms with Gasteiger partial charge >= 0.3 is 0 Å². The molecule has 2 aromatic carbocycles. The predicted octanol–water partition coefficient (Wildman–Crippen LogP) is 2.49. The molecule has 170 valence electrons. The molecular weight excluding hydrogens is 410 g/mol. The lowest BCUT2D eigenvalue weighted by atomic mass is 9.98.